The third-order valence-electron chi connectivity index (χ3n) is 3.34. The first kappa shape index (κ1) is 24.7. The summed E-state index contributed by atoms with van der Waals surface area (Å²) in [5, 5.41) is 6.38. The molecule has 0 atom stereocenters. The SMILES string of the molecule is [N-]=[N+]=Nc1ccc(C=Cc2ccccc2S(=O)(=O)O)c(S(=O)(=O)O)c1N=[N+]=[N-].[NaH]. The molecule has 0 unspecified atom stereocenters. The summed E-state index contributed by atoms with van der Waals surface area (Å²) in [4.78, 5) is 3.68. The van der Waals surface area contributed by atoms with Crippen LogP contribution in [0.1, 0.15) is 11.1 Å². The zero-order valence-corrected chi connectivity index (χ0v) is 15.3. The van der Waals surface area contributed by atoms with Gasteiger partial charge in [0.25, 0.3) is 20.2 Å². The third-order valence-corrected chi connectivity index (χ3v) is 5.21. The molecule has 12 nitrogen and oxygen atoms in total. The minimum atomic E-state index is -4.94. The van der Waals surface area contributed by atoms with Crippen LogP contribution in [0.25, 0.3) is 33.0 Å². The Labute approximate surface area is 186 Å². The van der Waals surface area contributed by atoms with E-state index in [9.17, 15) is 25.9 Å². The van der Waals surface area contributed by atoms with Crippen molar-refractivity contribution in [2.75, 3.05) is 0 Å². The molecule has 0 heterocycles. The Morgan fingerprint density at radius 1 is 0.828 bits per heavy atom. The van der Waals surface area contributed by atoms with Gasteiger partial charge in [-0.2, -0.15) is 16.8 Å². The van der Waals surface area contributed by atoms with Crippen molar-refractivity contribution in [3.63, 3.8) is 0 Å². The second-order valence-electron chi connectivity index (χ2n) is 5.05. The zero-order chi connectivity index (χ0) is 20.9. The van der Waals surface area contributed by atoms with E-state index < -0.39 is 35.7 Å². The van der Waals surface area contributed by atoms with E-state index in [-0.39, 0.29) is 46.4 Å². The molecule has 15 heteroatoms. The molecule has 0 bridgehead atoms. The normalized spacial score (nSPS) is 11.2. The van der Waals surface area contributed by atoms with E-state index >= 15 is 0 Å². The zero-order valence-electron chi connectivity index (χ0n) is 13.6. The molecule has 2 rings (SSSR count). The van der Waals surface area contributed by atoms with Gasteiger partial charge in [-0.15, -0.1) is 0 Å². The van der Waals surface area contributed by atoms with Gasteiger partial charge in [0.2, 0.25) is 0 Å². The monoisotopic (exact) mass is 446 g/mol. The van der Waals surface area contributed by atoms with Crippen LogP contribution in [0.2, 0.25) is 0 Å². The van der Waals surface area contributed by atoms with Crippen LogP contribution in [-0.2, 0) is 20.2 Å². The van der Waals surface area contributed by atoms with Gasteiger partial charge in [0, 0.05) is 15.5 Å². The Bertz CT molecular complexity index is 1280. The Hall–Kier alpha value is -2.38. The Kier molecular flexibility index (Phi) is 8.41. The van der Waals surface area contributed by atoms with E-state index in [1.165, 1.54) is 24.3 Å². The van der Waals surface area contributed by atoms with Gasteiger partial charge in [0.15, 0.2) is 0 Å². The van der Waals surface area contributed by atoms with E-state index in [2.05, 4.69) is 20.1 Å². The second-order valence-corrected chi connectivity index (χ2v) is 7.80. The van der Waals surface area contributed by atoms with Gasteiger partial charge < -0.3 is 0 Å². The molecule has 0 aliphatic heterocycles. The van der Waals surface area contributed by atoms with Gasteiger partial charge in [0.1, 0.15) is 9.79 Å². The number of hydrogen-bond acceptors (Lipinski definition) is 6. The van der Waals surface area contributed by atoms with Crippen molar-refractivity contribution in [2.24, 2.45) is 10.2 Å². The molecule has 0 spiro atoms. The average Bonchev–Trinajstić information content (AvgIpc) is 2.60. The standard InChI is InChI=1S/C14H10N6O6S2.Na.H/c15-19-17-11-8-7-10(14(28(24,25)26)13(11)18-20-16)6-5-9-3-1-2-4-12(9)27(21,22)23;;/h1-8H,(H,21,22,23)(H,24,25,26);;. The molecule has 146 valence electrons. The summed E-state index contributed by atoms with van der Waals surface area (Å²) < 4.78 is 65.3. The second kappa shape index (κ2) is 9.89. The number of azide groups is 2. The van der Waals surface area contributed by atoms with E-state index in [4.69, 9.17) is 11.1 Å². The van der Waals surface area contributed by atoms with Crippen molar-refractivity contribution < 1.29 is 25.9 Å². The van der Waals surface area contributed by atoms with Gasteiger partial charge in [0.05, 0.1) is 5.69 Å². The minimum absolute atomic E-state index is 0. The summed E-state index contributed by atoms with van der Waals surface area (Å²) in [6.07, 6.45) is 2.28. The predicted octanol–water partition coefficient (Wildman–Crippen LogP) is 3.59. The molecule has 0 aromatic heterocycles. The van der Waals surface area contributed by atoms with Gasteiger partial charge in [-0.1, -0.05) is 52.7 Å². The number of nitrogens with zero attached hydrogens (tertiary/aromatic N) is 6. The molecule has 2 N–H and O–H groups in total. The van der Waals surface area contributed by atoms with Crippen LogP contribution in [0.4, 0.5) is 11.4 Å². The maximum atomic E-state index is 11.8. The van der Waals surface area contributed by atoms with Crippen molar-refractivity contribution in [1.29, 1.82) is 0 Å². The van der Waals surface area contributed by atoms with Gasteiger partial charge in [-0.3, -0.25) is 9.11 Å². The molecule has 0 fully saturated rings. The maximum absolute atomic E-state index is 11.8. The Balaban J connectivity index is 0.00000420. The molecule has 0 aliphatic carbocycles. The first-order valence-corrected chi connectivity index (χ1v) is 9.97. The summed E-state index contributed by atoms with van der Waals surface area (Å²) in [5.74, 6) is 0. The van der Waals surface area contributed by atoms with Crippen LogP contribution in [0, 0.1) is 0 Å². The first-order valence-electron chi connectivity index (χ1n) is 7.09. The summed E-state index contributed by atoms with van der Waals surface area (Å²) in [7, 11) is -9.48. The number of rotatable bonds is 6. The average molecular weight is 446 g/mol. The van der Waals surface area contributed by atoms with Crippen molar-refractivity contribution in [3.8, 4) is 0 Å². The third kappa shape index (κ3) is 6.05. The van der Waals surface area contributed by atoms with Crippen molar-refractivity contribution >= 4 is 73.3 Å². The topological polar surface area (TPSA) is 206 Å². The molecule has 0 saturated carbocycles. The fraction of sp³-hybridized carbons (Fsp3) is 0. The Morgan fingerprint density at radius 2 is 1.41 bits per heavy atom. The van der Waals surface area contributed by atoms with E-state index in [1.807, 2.05) is 0 Å². The van der Waals surface area contributed by atoms with Crippen LogP contribution in [0.5, 0.6) is 0 Å². The van der Waals surface area contributed by atoms with Crippen molar-refractivity contribution in [3.05, 3.63) is 68.4 Å². The van der Waals surface area contributed by atoms with E-state index in [0.717, 1.165) is 24.3 Å². The number of benzene rings is 2. The van der Waals surface area contributed by atoms with Crippen molar-refractivity contribution in [2.45, 2.75) is 9.79 Å². The molecule has 29 heavy (non-hydrogen) atoms. The summed E-state index contributed by atoms with van der Waals surface area (Å²) in [6.45, 7) is 0. The van der Waals surface area contributed by atoms with Gasteiger partial charge >= 0.3 is 29.6 Å². The molecule has 0 saturated heterocycles. The quantitative estimate of drug-likeness (QED) is 0.169. The number of hydrogen-bond donors (Lipinski definition) is 2. The van der Waals surface area contributed by atoms with Crippen LogP contribution in [-0.4, -0.2) is 55.5 Å². The van der Waals surface area contributed by atoms with Gasteiger partial charge in [-0.05, 0) is 28.3 Å². The fourth-order valence-electron chi connectivity index (χ4n) is 2.28. The molecular formula is C14H11N6NaO6S2. The van der Waals surface area contributed by atoms with Crippen LogP contribution in [0.3, 0.4) is 0 Å². The predicted molar refractivity (Wildman–Crippen MR) is 106 cm³/mol. The van der Waals surface area contributed by atoms with Crippen LogP contribution >= 0.6 is 0 Å². The summed E-state index contributed by atoms with van der Waals surface area (Å²) in [5.41, 5.74) is 16.1. The Morgan fingerprint density at radius 3 is 1.97 bits per heavy atom. The van der Waals surface area contributed by atoms with E-state index in [1.54, 1.807) is 0 Å². The first-order chi connectivity index (χ1) is 13.1. The molecule has 2 aromatic rings. The molecule has 0 amide bonds. The summed E-state index contributed by atoms with van der Waals surface area (Å²) in [6, 6.07) is 7.62. The molecular weight excluding hydrogens is 435 g/mol. The summed E-state index contributed by atoms with van der Waals surface area (Å²) >= 11 is 0. The fourth-order valence-corrected chi connectivity index (χ4v) is 3.79. The van der Waals surface area contributed by atoms with Gasteiger partial charge in [-0.25, -0.2) is 0 Å². The van der Waals surface area contributed by atoms with Crippen LogP contribution in [0.15, 0.2) is 56.4 Å². The van der Waals surface area contributed by atoms with Crippen LogP contribution < -0.4 is 0 Å². The molecule has 0 aliphatic rings. The van der Waals surface area contributed by atoms with Crippen molar-refractivity contribution in [1.82, 2.24) is 0 Å². The molecule has 0 radical (unpaired) electrons. The van der Waals surface area contributed by atoms with E-state index in [0.29, 0.717) is 0 Å². The molecule has 2 aromatic carbocycles.